The lowest BCUT2D eigenvalue weighted by atomic mass is 9.97. The summed E-state index contributed by atoms with van der Waals surface area (Å²) in [5, 5.41) is 8.24. The molecule has 0 aliphatic rings. The number of carboxylic acid groups (broad SMARTS) is 1. The lowest BCUT2D eigenvalue weighted by Crippen LogP contribution is -2.22. The first-order valence-corrected chi connectivity index (χ1v) is 4.19. The van der Waals surface area contributed by atoms with Gasteiger partial charge in [0, 0.05) is 0 Å². The van der Waals surface area contributed by atoms with Crippen LogP contribution in [0.2, 0.25) is 0 Å². The molecule has 0 aliphatic carbocycles. The van der Waals surface area contributed by atoms with Crippen molar-refractivity contribution in [3.05, 3.63) is 0 Å². The Kier molecular flexibility index (Phi) is 4.71. The molecule has 0 spiro atoms. The van der Waals surface area contributed by atoms with E-state index in [1.807, 2.05) is 0 Å². The largest absolute Gasteiger partial charge is 0.481 e. The maximum atomic E-state index is 11.2. The van der Waals surface area contributed by atoms with Gasteiger partial charge in [-0.25, -0.2) is 0 Å². The molecule has 0 aromatic rings. The highest BCUT2D eigenvalue weighted by atomic mass is 16.5. The number of ether oxygens (including phenoxy) is 1. The number of carboxylic acids is 1. The smallest absolute Gasteiger partial charge is 0.315 e. The summed E-state index contributed by atoms with van der Waals surface area (Å²) in [6.45, 7) is 5.16. The number of carbonyl (C=O) groups is 2. The average Bonchev–Trinajstić information content (AvgIpc) is 2.01. The van der Waals surface area contributed by atoms with E-state index in [0.717, 1.165) is 0 Å². The van der Waals surface area contributed by atoms with Gasteiger partial charge in [0.25, 0.3) is 0 Å². The predicted molar refractivity (Wildman–Crippen MR) is 50.4 cm³/mol. The molecule has 0 aromatic heterocycles. The Labute approximate surface area is 83.3 Å². The fraction of sp³-hybridized carbons (Fsp3) is 0.600. The SMILES string of the molecule is CC(C)(C)C(=O)OCC#CCC(=O)O. The van der Waals surface area contributed by atoms with Crippen LogP contribution in [0.15, 0.2) is 0 Å². The minimum atomic E-state index is -0.986. The number of hydrogen-bond donors (Lipinski definition) is 1. The maximum Gasteiger partial charge on any atom is 0.315 e. The predicted octanol–water partition coefficient (Wildman–Crippen LogP) is 1.05. The number of carbonyl (C=O) groups excluding carboxylic acids is 1. The molecule has 0 aromatic carbocycles. The van der Waals surface area contributed by atoms with Crippen LogP contribution >= 0.6 is 0 Å². The molecule has 0 bridgehead atoms. The summed E-state index contributed by atoms with van der Waals surface area (Å²) in [6.07, 6.45) is -0.229. The monoisotopic (exact) mass is 198 g/mol. The highest BCUT2D eigenvalue weighted by molar-refractivity contribution is 5.75. The van der Waals surface area contributed by atoms with Crippen molar-refractivity contribution >= 4 is 11.9 Å². The zero-order valence-electron chi connectivity index (χ0n) is 8.59. The van der Waals surface area contributed by atoms with Gasteiger partial charge < -0.3 is 9.84 Å². The summed E-state index contributed by atoms with van der Waals surface area (Å²) in [7, 11) is 0. The first kappa shape index (κ1) is 12.5. The quantitative estimate of drug-likeness (QED) is 0.532. The summed E-state index contributed by atoms with van der Waals surface area (Å²) in [6, 6.07) is 0. The molecule has 0 heterocycles. The summed E-state index contributed by atoms with van der Waals surface area (Å²) < 4.78 is 4.78. The van der Waals surface area contributed by atoms with Gasteiger partial charge in [-0.3, -0.25) is 9.59 Å². The Balaban J connectivity index is 3.79. The molecule has 0 saturated heterocycles. The third-order valence-electron chi connectivity index (χ3n) is 1.25. The summed E-state index contributed by atoms with van der Waals surface area (Å²) in [4.78, 5) is 21.2. The van der Waals surface area contributed by atoms with Crippen molar-refractivity contribution in [2.45, 2.75) is 27.2 Å². The van der Waals surface area contributed by atoms with Gasteiger partial charge in [0.05, 0.1) is 5.41 Å². The number of esters is 1. The van der Waals surface area contributed by atoms with Crippen LogP contribution in [-0.4, -0.2) is 23.7 Å². The molecule has 0 saturated carbocycles. The molecule has 1 N–H and O–H groups in total. The minimum absolute atomic E-state index is 0.0522. The second-order valence-corrected chi connectivity index (χ2v) is 3.75. The van der Waals surface area contributed by atoms with E-state index in [2.05, 4.69) is 11.8 Å². The van der Waals surface area contributed by atoms with Gasteiger partial charge in [-0.15, -0.1) is 0 Å². The Bertz CT molecular complexity index is 275. The van der Waals surface area contributed by atoms with Crippen molar-refractivity contribution in [1.29, 1.82) is 0 Å². The van der Waals surface area contributed by atoms with E-state index in [4.69, 9.17) is 9.84 Å². The molecule has 0 unspecified atom stereocenters. The molecular weight excluding hydrogens is 184 g/mol. The second kappa shape index (κ2) is 5.28. The van der Waals surface area contributed by atoms with E-state index in [0.29, 0.717) is 0 Å². The van der Waals surface area contributed by atoms with Gasteiger partial charge in [-0.1, -0.05) is 11.8 Å². The molecule has 0 fully saturated rings. The summed E-state index contributed by atoms with van der Waals surface area (Å²) in [5.41, 5.74) is -0.547. The van der Waals surface area contributed by atoms with Gasteiger partial charge in [0.2, 0.25) is 0 Å². The summed E-state index contributed by atoms with van der Waals surface area (Å²) in [5.74, 6) is 3.48. The Hall–Kier alpha value is -1.50. The Morgan fingerprint density at radius 1 is 1.29 bits per heavy atom. The van der Waals surface area contributed by atoms with E-state index in [9.17, 15) is 9.59 Å². The average molecular weight is 198 g/mol. The van der Waals surface area contributed by atoms with Crippen molar-refractivity contribution < 1.29 is 19.4 Å². The van der Waals surface area contributed by atoms with Crippen molar-refractivity contribution in [2.75, 3.05) is 6.61 Å². The normalized spacial score (nSPS) is 9.93. The van der Waals surface area contributed by atoms with Crippen LogP contribution in [0.5, 0.6) is 0 Å². The fourth-order valence-electron chi connectivity index (χ4n) is 0.507. The van der Waals surface area contributed by atoms with E-state index >= 15 is 0 Å². The lowest BCUT2D eigenvalue weighted by molar-refractivity contribution is -0.151. The minimum Gasteiger partial charge on any atom is -0.481 e. The van der Waals surface area contributed by atoms with Crippen LogP contribution in [-0.2, 0) is 14.3 Å². The molecule has 4 heteroatoms. The van der Waals surface area contributed by atoms with Crippen LogP contribution in [0.4, 0.5) is 0 Å². The van der Waals surface area contributed by atoms with E-state index in [1.54, 1.807) is 20.8 Å². The van der Waals surface area contributed by atoms with E-state index in [1.165, 1.54) is 0 Å². The molecule has 0 atom stereocenters. The molecule has 0 amide bonds. The third-order valence-corrected chi connectivity index (χ3v) is 1.25. The maximum absolute atomic E-state index is 11.2. The molecule has 0 radical (unpaired) electrons. The first-order valence-electron chi connectivity index (χ1n) is 4.19. The van der Waals surface area contributed by atoms with Crippen LogP contribution in [0, 0.1) is 17.3 Å². The third kappa shape index (κ3) is 6.06. The van der Waals surface area contributed by atoms with Crippen molar-refractivity contribution in [3.8, 4) is 11.8 Å². The van der Waals surface area contributed by atoms with Gasteiger partial charge in [0.15, 0.2) is 6.61 Å². The van der Waals surface area contributed by atoms with Crippen molar-refractivity contribution in [2.24, 2.45) is 5.41 Å². The van der Waals surface area contributed by atoms with Gasteiger partial charge >= 0.3 is 11.9 Å². The van der Waals surface area contributed by atoms with Crippen LogP contribution < -0.4 is 0 Å². The van der Waals surface area contributed by atoms with Crippen LogP contribution in [0.1, 0.15) is 27.2 Å². The molecular formula is C10H14O4. The number of aliphatic carboxylic acids is 1. The van der Waals surface area contributed by atoms with Crippen molar-refractivity contribution in [1.82, 2.24) is 0 Å². The zero-order chi connectivity index (χ0) is 11.2. The van der Waals surface area contributed by atoms with Gasteiger partial charge in [-0.05, 0) is 20.8 Å². The first-order chi connectivity index (χ1) is 6.34. The molecule has 0 aliphatic heterocycles. The molecule has 0 rings (SSSR count). The molecule has 4 nitrogen and oxygen atoms in total. The van der Waals surface area contributed by atoms with Crippen LogP contribution in [0.25, 0.3) is 0 Å². The van der Waals surface area contributed by atoms with E-state index in [-0.39, 0.29) is 19.0 Å². The van der Waals surface area contributed by atoms with Crippen molar-refractivity contribution in [3.63, 3.8) is 0 Å². The summed E-state index contributed by atoms with van der Waals surface area (Å²) >= 11 is 0. The standard InChI is InChI=1S/C10H14O4/c1-10(2,3)9(13)14-7-5-4-6-8(11)12/h6-7H2,1-3H3,(H,11,12). The highest BCUT2D eigenvalue weighted by Gasteiger charge is 2.22. The topological polar surface area (TPSA) is 63.6 Å². The lowest BCUT2D eigenvalue weighted by Gasteiger charge is -2.14. The van der Waals surface area contributed by atoms with E-state index < -0.39 is 11.4 Å². The second-order valence-electron chi connectivity index (χ2n) is 3.75. The number of hydrogen-bond acceptors (Lipinski definition) is 3. The molecule has 14 heavy (non-hydrogen) atoms. The Morgan fingerprint density at radius 2 is 1.86 bits per heavy atom. The van der Waals surface area contributed by atoms with Gasteiger partial charge in [0.1, 0.15) is 6.42 Å². The fourth-order valence-corrected chi connectivity index (χ4v) is 0.507. The Morgan fingerprint density at radius 3 is 2.29 bits per heavy atom. The molecule has 78 valence electrons. The van der Waals surface area contributed by atoms with Gasteiger partial charge in [-0.2, -0.15) is 0 Å². The highest BCUT2D eigenvalue weighted by Crippen LogP contribution is 2.14. The number of rotatable bonds is 2. The zero-order valence-corrected chi connectivity index (χ0v) is 8.59. The van der Waals surface area contributed by atoms with Crippen LogP contribution in [0.3, 0.4) is 0 Å².